The zero-order chi connectivity index (χ0) is 13.9. The minimum atomic E-state index is 0.0749. The minimum Gasteiger partial charge on any atom is -0.494 e. The number of Topliss-reactive ketones (excluding diaryl/α,β-unsaturated/α-hetero) is 1. The zero-order valence-corrected chi connectivity index (χ0v) is 11.5. The summed E-state index contributed by atoms with van der Waals surface area (Å²) < 4.78 is 5.74. The van der Waals surface area contributed by atoms with Crippen molar-refractivity contribution in [3.8, 4) is 5.75 Å². The Kier molecular flexibility index (Phi) is 3.72. The minimum absolute atomic E-state index is 0.0749. The maximum absolute atomic E-state index is 11.5. The summed E-state index contributed by atoms with van der Waals surface area (Å²) in [4.78, 5) is 22.8. The third-order valence-electron chi connectivity index (χ3n) is 4.14. The summed E-state index contributed by atoms with van der Waals surface area (Å²) >= 11 is 0. The van der Waals surface area contributed by atoms with Crippen LogP contribution in [-0.4, -0.2) is 18.3 Å². The molecule has 4 heteroatoms. The van der Waals surface area contributed by atoms with Gasteiger partial charge in [0.25, 0.3) is 0 Å². The molecule has 1 saturated carbocycles. The van der Waals surface area contributed by atoms with Crippen LogP contribution in [0, 0.1) is 5.92 Å². The summed E-state index contributed by atoms with van der Waals surface area (Å²) in [6, 6.07) is 5.76. The van der Waals surface area contributed by atoms with Gasteiger partial charge in [-0.3, -0.25) is 9.59 Å². The van der Waals surface area contributed by atoms with Crippen LogP contribution in [0.4, 0.5) is 5.69 Å². The van der Waals surface area contributed by atoms with Crippen molar-refractivity contribution < 1.29 is 14.3 Å². The second-order valence-corrected chi connectivity index (χ2v) is 5.56. The highest BCUT2D eigenvalue weighted by Crippen LogP contribution is 2.28. The number of benzene rings is 1. The molecular weight excluding hydrogens is 254 g/mol. The number of ketones is 1. The van der Waals surface area contributed by atoms with Gasteiger partial charge in [0.15, 0.2) is 0 Å². The molecule has 20 heavy (non-hydrogen) atoms. The number of rotatable bonds is 4. The van der Waals surface area contributed by atoms with E-state index in [1.54, 1.807) is 0 Å². The fraction of sp³-hybridized carbons (Fsp3) is 0.500. The van der Waals surface area contributed by atoms with Crippen LogP contribution in [0.3, 0.4) is 0 Å². The van der Waals surface area contributed by atoms with Crippen LogP contribution in [0.2, 0.25) is 0 Å². The molecule has 0 spiro atoms. The molecule has 1 aromatic carbocycles. The van der Waals surface area contributed by atoms with E-state index in [0.717, 1.165) is 49.1 Å². The molecule has 1 amide bonds. The molecule has 1 aliphatic heterocycles. The van der Waals surface area contributed by atoms with Crippen LogP contribution >= 0.6 is 0 Å². The maximum Gasteiger partial charge on any atom is 0.224 e. The predicted octanol–water partition coefficient (Wildman–Crippen LogP) is 2.71. The van der Waals surface area contributed by atoms with Crippen LogP contribution in [0.1, 0.15) is 37.7 Å². The molecule has 106 valence electrons. The Balaban J connectivity index is 1.55. The van der Waals surface area contributed by atoms with Gasteiger partial charge in [-0.25, -0.2) is 0 Å². The van der Waals surface area contributed by atoms with Gasteiger partial charge in [0, 0.05) is 24.4 Å². The van der Waals surface area contributed by atoms with Crippen LogP contribution in [0.15, 0.2) is 18.2 Å². The van der Waals surface area contributed by atoms with Crippen LogP contribution in [0.25, 0.3) is 0 Å². The first kappa shape index (κ1) is 13.2. The van der Waals surface area contributed by atoms with Gasteiger partial charge < -0.3 is 10.1 Å². The lowest BCUT2D eigenvalue weighted by Gasteiger charge is -2.18. The van der Waals surface area contributed by atoms with Gasteiger partial charge in [-0.2, -0.15) is 0 Å². The average Bonchev–Trinajstić information content (AvgIpc) is 2.85. The van der Waals surface area contributed by atoms with E-state index >= 15 is 0 Å². The molecule has 1 aromatic rings. The average molecular weight is 273 g/mol. The van der Waals surface area contributed by atoms with Gasteiger partial charge >= 0.3 is 0 Å². The van der Waals surface area contributed by atoms with Crippen molar-refractivity contribution in [2.75, 3.05) is 11.9 Å². The number of carbonyl (C=O) groups excluding carboxylic acids is 2. The van der Waals surface area contributed by atoms with Gasteiger partial charge in [0.05, 0.1) is 6.61 Å². The van der Waals surface area contributed by atoms with Gasteiger partial charge in [0.2, 0.25) is 5.91 Å². The van der Waals surface area contributed by atoms with E-state index in [2.05, 4.69) is 5.32 Å². The molecule has 3 rings (SSSR count). The number of ether oxygens (including phenoxy) is 1. The van der Waals surface area contributed by atoms with E-state index in [1.165, 1.54) is 0 Å². The molecule has 1 heterocycles. The quantitative estimate of drug-likeness (QED) is 0.917. The molecule has 0 bridgehead atoms. The third kappa shape index (κ3) is 2.84. The second kappa shape index (κ2) is 5.65. The van der Waals surface area contributed by atoms with Crippen molar-refractivity contribution >= 4 is 17.4 Å². The first-order chi connectivity index (χ1) is 9.72. The number of amides is 1. The molecule has 1 atom stereocenters. The smallest absolute Gasteiger partial charge is 0.224 e. The van der Waals surface area contributed by atoms with E-state index in [-0.39, 0.29) is 11.8 Å². The third-order valence-corrected chi connectivity index (χ3v) is 4.14. The summed E-state index contributed by atoms with van der Waals surface area (Å²) in [6.07, 6.45) is 4.89. The molecule has 0 saturated heterocycles. The Bertz CT molecular complexity index is 539. The number of fused-ring (bicyclic) bond motifs is 1. The summed E-state index contributed by atoms with van der Waals surface area (Å²) in [5.74, 6) is 1.49. The van der Waals surface area contributed by atoms with Gasteiger partial charge in [0.1, 0.15) is 11.5 Å². The summed E-state index contributed by atoms with van der Waals surface area (Å²) in [7, 11) is 0. The Labute approximate surface area is 118 Å². The Hall–Kier alpha value is -1.84. The van der Waals surface area contributed by atoms with Crippen molar-refractivity contribution in [3.05, 3.63) is 23.8 Å². The lowest BCUT2D eigenvalue weighted by Crippen LogP contribution is -2.18. The van der Waals surface area contributed by atoms with E-state index < -0.39 is 0 Å². The number of carbonyl (C=O) groups is 2. The number of hydrogen-bond acceptors (Lipinski definition) is 3. The topological polar surface area (TPSA) is 55.4 Å². The van der Waals surface area contributed by atoms with Crippen molar-refractivity contribution in [3.63, 3.8) is 0 Å². The highest BCUT2D eigenvalue weighted by atomic mass is 16.5. The second-order valence-electron chi connectivity index (χ2n) is 5.56. The molecule has 2 aliphatic rings. The van der Waals surface area contributed by atoms with E-state index in [1.807, 2.05) is 18.2 Å². The Morgan fingerprint density at radius 1 is 1.20 bits per heavy atom. The molecule has 1 N–H and O–H groups in total. The normalized spacial score (nSPS) is 21.5. The first-order valence-corrected chi connectivity index (χ1v) is 7.30. The van der Waals surface area contributed by atoms with Crippen molar-refractivity contribution in [1.29, 1.82) is 0 Å². The summed E-state index contributed by atoms with van der Waals surface area (Å²) in [6.45, 7) is 0.585. The van der Waals surface area contributed by atoms with Crippen molar-refractivity contribution in [1.82, 2.24) is 0 Å². The highest BCUT2D eigenvalue weighted by molar-refractivity contribution is 5.94. The molecular formula is C16H19NO3. The summed E-state index contributed by atoms with van der Waals surface area (Å²) in [5, 5.41) is 2.85. The molecule has 0 aromatic heterocycles. The molecule has 0 radical (unpaired) electrons. The fourth-order valence-electron chi connectivity index (χ4n) is 2.96. The van der Waals surface area contributed by atoms with E-state index in [0.29, 0.717) is 18.8 Å². The standard InChI is InChI=1S/C16H19NO3/c18-15-3-1-2-11(15)8-9-20-13-5-6-14-12(10-13)4-7-16(19)17-14/h5-6,10-11H,1-4,7-9H2,(H,17,19). The van der Waals surface area contributed by atoms with Gasteiger partial charge in [-0.1, -0.05) is 0 Å². The van der Waals surface area contributed by atoms with Gasteiger partial charge in [-0.15, -0.1) is 0 Å². The Morgan fingerprint density at radius 3 is 2.90 bits per heavy atom. The first-order valence-electron chi connectivity index (χ1n) is 7.30. The van der Waals surface area contributed by atoms with Crippen LogP contribution in [-0.2, 0) is 16.0 Å². The number of anilines is 1. The highest BCUT2D eigenvalue weighted by Gasteiger charge is 2.24. The number of aryl methyl sites for hydroxylation is 1. The lowest BCUT2D eigenvalue weighted by atomic mass is 10.0. The number of nitrogens with one attached hydrogen (secondary N) is 1. The monoisotopic (exact) mass is 273 g/mol. The lowest BCUT2D eigenvalue weighted by molar-refractivity contribution is -0.121. The fourth-order valence-corrected chi connectivity index (χ4v) is 2.96. The van der Waals surface area contributed by atoms with Crippen molar-refractivity contribution in [2.24, 2.45) is 5.92 Å². The van der Waals surface area contributed by atoms with Crippen LogP contribution < -0.4 is 10.1 Å². The maximum atomic E-state index is 11.5. The SMILES string of the molecule is O=C1CCc2cc(OCCC3CCCC3=O)ccc2N1. The Morgan fingerprint density at radius 2 is 2.10 bits per heavy atom. The van der Waals surface area contributed by atoms with E-state index in [9.17, 15) is 9.59 Å². The molecule has 1 aliphatic carbocycles. The molecule has 1 unspecified atom stereocenters. The molecule has 1 fully saturated rings. The largest absolute Gasteiger partial charge is 0.494 e. The summed E-state index contributed by atoms with van der Waals surface area (Å²) in [5.41, 5.74) is 2.01. The number of hydrogen-bond donors (Lipinski definition) is 1. The predicted molar refractivity (Wildman–Crippen MR) is 75.9 cm³/mol. The molecule has 4 nitrogen and oxygen atoms in total. The van der Waals surface area contributed by atoms with E-state index in [4.69, 9.17) is 4.74 Å². The van der Waals surface area contributed by atoms with Crippen molar-refractivity contribution in [2.45, 2.75) is 38.5 Å². The van der Waals surface area contributed by atoms with Gasteiger partial charge in [-0.05, 0) is 49.4 Å². The zero-order valence-electron chi connectivity index (χ0n) is 11.5. The van der Waals surface area contributed by atoms with Crippen LogP contribution in [0.5, 0.6) is 5.75 Å².